The maximum absolute atomic E-state index is 10.8. The highest BCUT2D eigenvalue weighted by Crippen LogP contribution is 2.36. The number of carbonyl (C=O) groups is 1. The van der Waals surface area contributed by atoms with Crippen LogP contribution in [0.15, 0.2) is 134 Å². The van der Waals surface area contributed by atoms with E-state index >= 15 is 0 Å². The summed E-state index contributed by atoms with van der Waals surface area (Å²) in [5, 5.41) is 39.6. The Morgan fingerprint density at radius 3 is 1.23 bits per heavy atom. The van der Waals surface area contributed by atoms with Crippen LogP contribution in [0, 0.1) is 3.70 Å². The average Bonchev–Trinajstić information content (AvgIpc) is 1.26. The van der Waals surface area contributed by atoms with Gasteiger partial charge in [-0.15, -0.1) is 56.4 Å². The minimum absolute atomic E-state index is 0.00736. The molecular formula is C105H174Br2IN25OS7. The summed E-state index contributed by atoms with van der Waals surface area (Å²) in [6.07, 6.45) is 23.5. The van der Waals surface area contributed by atoms with Gasteiger partial charge in [0, 0.05) is 176 Å². The molecule has 13 aromatic rings. The van der Waals surface area contributed by atoms with Crippen LogP contribution in [0.25, 0.3) is 5.69 Å². The number of para-hydroxylation sites is 1. The Labute approximate surface area is 909 Å². The van der Waals surface area contributed by atoms with Crippen molar-refractivity contribution in [2.24, 2.45) is 56.4 Å². The SMILES string of the molecule is CC(=O)SCc1nc(C(C)(C)C)cs1.CC(C)(C)c1ccn(-c2ccccc2)n1.CCn1nnc(C(C)(C)C)n1.CSCc1nc(C(C)(C)C)cs1.CSc1cc(C(C)(C)C)nn1C.CSc1nc(C(C)(C)C)c(SC)n1C.Cn1c(C(C)(C)C)nc(Br)c1Br.Cn1ccc(C(C)(C)C)n1.Cn1ccnc1C(C)(C)C.Cn1cnc(C(C)(C)C)c1.Cn1cnc(I)c1C(C)(C)C.Cn1ncnc1C(C)(C)C. The number of aryl methyl sites for hydroxylation is 7. The van der Waals surface area contributed by atoms with E-state index in [0.29, 0.717) is 5.75 Å². The van der Waals surface area contributed by atoms with Gasteiger partial charge in [0.25, 0.3) is 0 Å². The van der Waals surface area contributed by atoms with Gasteiger partial charge in [0.15, 0.2) is 16.1 Å². The Hall–Kier alpha value is -6.52. The first kappa shape index (κ1) is 131. The van der Waals surface area contributed by atoms with E-state index in [0.717, 1.165) is 92.8 Å². The lowest BCUT2D eigenvalue weighted by Gasteiger charge is -2.19. The van der Waals surface area contributed by atoms with Crippen molar-refractivity contribution in [3.63, 3.8) is 0 Å². The van der Waals surface area contributed by atoms with Crippen molar-refractivity contribution in [2.75, 3.05) is 25.0 Å². The molecule has 0 aliphatic rings. The molecule has 788 valence electrons. The molecule has 0 amide bonds. The van der Waals surface area contributed by atoms with E-state index in [1.807, 2.05) is 147 Å². The fourth-order valence-corrected chi connectivity index (χ4v) is 19.7. The number of halogens is 3. The first-order valence-electron chi connectivity index (χ1n) is 47.2. The Morgan fingerprint density at radius 1 is 0.454 bits per heavy atom. The van der Waals surface area contributed by atoms with E-state index in [9.17, 15) is 4.79 Å². The van der Waals surface area contributed by atoms with E-state index in [-0.39, 0.29) is 70.1 Å². The number of thiazole rings is 2. The lowest BCUT2D eigenvalue weighted by atomic mass is 9.93. The number of hydrogen-bond acceptors (Lipinski definition) is 23. The molecule has 0 fully saturated rings. The molecule has 0 aliphatic heterocycles. The summed E-state index contributed by atoms with van der Waals surface area (Å²) in [5.74, 6) is 5.78. The van der Waals surface area contributed by atoms with Gasteiger partial charge in [-0.25, -0.2) is 44.6 Å². The van der Waals surface area contributed by atoms with Crippen LogP contribution in [0.2, 0.25) is 0 Å². The van der Waals surface area contributed by atoms with Crippen LogP contribution in [0.4, 0.5) is 0 Å². The highest BCUT2D eigenvalue weighted by Gasteiger charge is 2.29. The highest BCUT2D eigenvalue weighted by molar-refractivity contribution is 14.1. The van der Waals surface area contributed by atoms with Gasteiger partial charge in [0.2, 0.25) is 0 Å². The molecule has 0 spiro atoms. The van der Waals surface area contributed by atoms with Crippen LogP contribution in [0.1, 0.15) is 342 Å². The number of thioether (sulfide) groups is 5. The van der Waals surface area contributed by atoms with Crippen molar-refractivity contribution in [3.8, 4) is 5.69 Å². The normalized spacial score (nSPS) is 12.0. The van der Waals surface area contributed by atoms with Crippen LogP contribution in [0.3, 0.4) is 0 Å². The minimum Gasteiger partial charge on any atom is -0.340 e. The van der Waals surface area contributed by atoms with Gasteiger partial charge < -0.3 is 22.8 Å². The largest absolute Gasteiger partial charge is 0.340 e. The van der Waals surface area contributed by atoms with Crippen LogP contribution in [0.5, 0.6) is 0 Å². The van der Waals surface area contributed by atoms with Gasteiger partial charge in [-0.05, 0) is 122 Å². The maximum Gasteiger partial charge on any atom is 0.186 e. The minimum atomic E-state index is 0.00736. The zero-order valence-corrected chi connectivity index (χ0v) is 106. The molecule has 12 aromatic heterocycles. The van der Waals surface area contributed by atoms with Gasteiger partial charge in [-0.1, -0.05) is 291 Å². The summed E-state index contributed by atoms with van der Waals surface area (Å²) >= 11 is 20.9. The topological polar surface area (TPSA) is 260 Å². The number of carbonyl (C=O) groups excluding carboxylic acids is 1. The number of nitrogens with zero attached hydrogens (tertiary/aromatic N) is 25. The molecule has 26 nitrogen and oxygen atoms in total. The van der Waals surface area contributed by atoms with Crippen molar-refractivity contribution < 1.29 is 4.79 Å². The molecule has 0 saturated heterocycles. The second-order valence-electron chi connectivity index (χ2n) is 46.4. The molecule has 0 unspecified atom stereocenters. The summed E-state index contributed by atoms with van der Waals surface area (Å²) in [6, 6.07) is 16.5. The van der Waals surface area contributed by atoms with Crippen molar-refractivity contribution in [1.29, 1.82) is 0 Å². The first-order valence-corrected chi connectivity index (χ1v) is 57.7. The molecule has 0 aliphatic carbocycles. The van der Waals surface area contributed by atoms with Crippen LogP contribution in [-0.4, -0.2) is 152 Å². The van der Waals surface area contributed by atoms with Crippen LogP contribution in [-0.2, 0) is 144 Å². The lowest BCUT2D eigenvalue weighted by Crippen LogP contribution is -2.17. The zero-order valence-electron chi connectivity index (χ0n) is 95.1. The van der Waals surface area contributed by atoms with Gasteiger partial charge in [0.1, 0.15) is 46.7 Å². The van der Waals surface area contributed by atoms with Crippen molar-refractivity contribution >= 4 is 141 Å². The fourth-order valence-electron chi connectivity index (χ4n) is 12.3. The van der Waals surface area contributed by atoms with E-state index in [1.54, 1.807) is 80.7 Å². The lowest BCUT2D eigenvalue weighted by molar-refractivity contribution is -0.109. The van der Waals surface area contributed by atoms with Crippen molar-refractivity contribution in [3.05, 3.63) is 201 Å². The Bertz CT molecular complexity index is 5680. The summed E-state index contributed by atoms with van der Waals surface area (Å²) in [4.78, 5) is 47.4. The van der Waals surface area contributed by atoms with E-state index in [1.165, 1.54) is 43.9 Å². The molecule has 36 heteroatoms. The number of hydrogen-bond donors (Lipinski definition) is 0. The first-order chi connectivity index (χ1) is 64.2. The Balaban J connectivity index is 0.000000521. The van der Waals surface area contributed by atoms with Crippen molar-refractivity contribution in [2.45, 2.75) is 361 Å². The summed E-state index contributed by atoms with van der Waals surface area (Å²) in [6.45, 7) is 82.2. The Morgan fingerprint density at radius 2 is 0.957 bits per heavy atom. The predicted octanol–water partition coefficient (Wildman–Crippen LogP) is 28.1. The van der Waals surface area contributed by atoms with Crippen molar-refractivity contribution in [1.82, 2.24) is 122 Å². The number of aromatic nitrogens is 25. The number of tetrazole rings is 1. The summed E-state index contributed by atoms with van der Waals surface area (Å²) < 4.78 is 20.8. The second-order valence-corrected chi connectivity index (χ2v) is 55.2. The van der Waals surface area contributed by atoms with Crippen LogP contribution < -0.4 is 0 Å². The quantitative estimate of drug-likeness (QED) is 0.0960. The third-order valence-electron chi connectivity index (χ3n) is 20.1. The molecule has 0 N–H and O–H groups in total. The third-order valence-corrected chi connectivity index (χ3v) is 28.7. The molecule has 1 aromatic carbocycles. The van der Waals surface area contributed by atoms with Gasteiger partial charge in [-0.3, -0.25) is 18.8 Å². The van der Waals surface area contributed by atoms with E-state index < -0.39 is 0 Å². The van der Waals surface area contributed by atoms with Gasteiger partial charge >= 0.3 is 0 Å². The number of benzene rings is 1. The number of rotatable bonds is 9. The zero-order chi connectivity index (χ0) is 109. The summed E-state index contributed by atoms with van der Waals surface area (Å²) in [7, 11) is 16.0. The molecule has 13 rings (SSSR count). The van der Waals surface area contributed by atoms with Gasteiger partial charge in [0.05, 0.1) is 86.2 Å². The smallest absolute Gasteiger partial charge is 0.186 e. The molecule has 141 heavy (non-hydrogen) atoms. The average molecular weight is 2310 g/mol. The molecular weight excluding hydrogens is 2140 g/mol. The predicted molar refractivity (Wildman–Crippen MR) is 622 cm³/mol. The second kappa shape index (κ2) is 56.0. The van der Waals surface area contributed by atoms with E-state index in [2.05, 4.69) is 472 Å². The molecule has 0 saturated carbocycles. The maximum atomic E-state index is 10.8. The third kappa shape index (κ3) is 45.8. The Kier molecular flexibility index (Phi) is 51.9. The molecule has 0 atom stereocenters. The van der Waals surface area contributed by atoms with E-state index in [4.69, 9.17) is 0 Å². The summed E-state index contributed by atoms with van der Waals surface area (Å²) in [5.41, 5.74) is 12.1. The fraction of sp³-hybridized carbons (Fsp3) is 0.619. The van der Waals surface area contributed by atoms with Crippen LogP contribution >= 0.6 is 136 Å². The molecule has 0 radical (unpaired) electrons. The molecule has 0 bridgehead atoms. The monoisotopic (exact) mass is 2310 g/mol. The standard InChI is InChI=1S/C13H16N2.C10H18N2S2.C10H15NOS2.C9H16N2S.C9H15NS2.C8H12Br2N2.C8H13IN2.3C8H14N2.C7H14N4.C7H13N3/c1-13(2,3)12-9-10-15(14-12)11-7-5-4-6-8-11;1-10(2,3)7-8(13-5)12(4)9(11-7)14-6;1-7(12)13-6-9-11-8(5-14-9)10(2,3)4;1-9(2,3)7-6-8(12-5)11(4)10-7;1-9(2,3)7-5-12-8(10-7)6-11-4;1-8(2,3)7-11-5(9)6(10)12(7)4;1-8(2,3)6-7(9)10-5-11(6)4;1-8(2,3)7-5-10(4)6-9-7;1-8(2,3)7-9-5-6-10(7)4;1-8(2,3)7-5-6-10(4)9-7;1-5-11-9-6(8-10-11)7(2,3)4;1-7(2,3)6-8-5-9-10(6)4/h4-10H,1-3H3;1-6H3;5H,6H2,1-4H3;6H,1-5H3;5H,6H2,1-4H3;1-4H3;5H,1-4H3;3*5-6H,1-4H3;5H2,1-4H3;5H,1-4H3. The highest BCUT2D eigenvalue weighted by atomic mass is 127. The molecule has 12 heterocycles. The number of imidazole rings is 5. The van der Waals surface area contributed by atoms with Gasteiger partial charge in [-0.2, -0.15) is 37.0 Å².